The van der Waals surface area contributed by atoms with E-state index in [1.54, 1.807) is 24.3 Å². The molecule has 0 aliphatic carbocycles. The van der Waals surface area contributed by atoms with Gasteiger partial charge in [-0.2, -0.15) is 0 Å². The van der Waals surface area contributed by atoms with Crippen LogP contribution in [0.2, 0.25) is 5.02 Å². The van der Waals surface area contributed by atoms with E-state index in [0.717, 1.165) is 11.1 Å². The Morgan fingerprint density at radius 2 is 1.70 bits per heavy atom. The number of benzene rings is 2. The summed E-state index contributed by atoms with van der Waals surface area (Å²) in [5.41, 5.74) is 7.73. The fourth-order valence-corrected chi connectivity index (χ4v) is 3.22. The third-order valence-electron chi connectivity index (χ3n) is 2.90. The van der Waals surface area contributed by atoms with Gasteiger partial charge in [0.15, 0.2) is 0 Å². The van der Waals surface area contributed by atoms with E-state index in [9.17, 15) is 8.60 Å². The Balaban J connectivity index is 2.06. The second-order valence-corrected chi connectivity index (χ2v) is 6.38. The van der Waals surface area contributed by atoms with Crippen molar-refractivity contribution in [2.45, 2.75) is 18.1 Å². The van der Waals surface area contributed by atoms with Crippen LogP contribution < -0.4 is 5.73 Å². The van der Waals surface area contributed by atoms with Gasteiger partial charge in [0.2, 0.25) is 0 Å². The summed E-state index contributed by atoms with van der Waals surface area (Å²) in [5.74, 6) is 0.220. The van der Waals surface area contributed by atoms with Gasteiger partial charge in [-0.15, -0.1) is 0 Å². The van der Waals surface area contributed by atoms with Gasteiger partial charge >= 0.3 is 0 Å². The summed E-state index contributed by atoms with van der Waals surface area (Å²) < 4.78 is 25.8. The molecule has 0 saturated heterocycles. The second-order valence-electron chi connectivity index (χ2n) is 4.48. The van der Waals surface area contributed by atoms with E-state index in [1.807, 2.05) is 12.1 Å². The molecule has 2 nitrogen and oxygen atoms in total. The lowest BCUT2D eigenvalue weighted by molar-refractivity contribution is 0.614. The van der Waals surface area contributed by atoms with Gasteiger partial charge in [0.25, 0.3) is 0 Å². The maximum atomic E-state index is 13.7. The van der Waals surface area contributed by atoms with Crippen LogP contribution in [0.5, 0.6) is 0 Å². The molecule has 0 saturated carbocycles. The Kier molecular flexibility index (Phi) is 5.29. The van der Waals surface area contributed by atoms with Gasteiger partial charge < -0.3 is 5.73 Å². The van der Waals surface area contributed by atoms with Gasteiger partial charge in [-0.3, -0.25) is 4.21 Å². The van der Waals surface area contributed by atoms with Gasteiger partial charge in [0.05, 0.1) is 5.75 Å². The summed E-state index contributed by atoms with van der Waals surface area (Å²) in [7, 11) is -1.17. The molecule has 0 bridgehead atoms. The normalized spacial score (nSPS) is 12.3. The molecule has 20 heavy (non-hydrogen) atoms. The number of nitrogens with two attached hydrogens (primary N) is 1. The molecular weight excluding hydrogens is 297 g/mol. The first-order valence-electron chi connectivity index (χ1n) is 6.15. The maximum absolute atomic E-state index is 13.7. The fourth-order valence-electron chi connectivity index (χ4n) is 1.86. The molecule has 0 aliphatic rings. The van der Waals surface area contributed by atoms with Crippen molar-refractivity contribution in [3.63, 3.8) is 0 Å². The molecule has 0 spiro atoms. The summed E-state index contributed by atoms with van der Waals surface area (Å²) in [6, 6.07) is 11.8. The minimum atomic E-state index is -1.17. The monoisotopic (exact) mass is 311 g/mol. The number of rotatable bonds is 5. The van der Waals surface area contributed by atoms with Gasteiger partial charge in [-0.05, 0) is 29.3 Å². The van der Waals surface area contributed by atoms with Crippen LogP contribution in [0.25, 0.3) is 0 Å². The van der Waals surface area contributed by atoms with Crippen LogP contribution in [0.15, 0.2) is 42.5 Å². The Bertz CT molecular complexity index is 616. The van der Waals surface area contributed by atoms with E-state index in [0.29, 0.717) is 22.9 Å². The van der Waals surface area contributed by atoms with Crippen molar-refractivity contribution < 1.29 is 8.60 Å². The summed E-state index contributed by atoms with van der Waals surface area (Å²) in [5, 5.41) is 0.640. The lowest BCUT2D eigenvalue weighted by atomic mass is 10.1. The molecule has 1 unspecified atom stereocenters. The zero-order valence-electron chi connectivity index (χ0n) is 10.8. The van der Waals surface area contributed by atoms with Crippen molar-refractivity contribution in [1.29, 1.82) is 0 Å². The molecule has 0 amide bonds. The quantitative estimate of drug-likeness (QED) is 0.920. The lowest BCUT2D eigenvalue weighted by Crippen LogP contribution is -2.04. The topological polar surface area (TPSA) is 43.1 Å². The summed E-state index contributed by atoms with van der Waals surface area (Å²) in [4.78, 5) is 0. The van der Waals surface area contributed by atoms with Crippen molar-refractivity contribution in [1.82, 2.24) is 0 Å². The molecule has 0 aliphatic heterocycles. The van der Waals surface area contributed by atoms with Crippen molar-refractivity contribution in [2.75, 3.05) is 0 Å². The number of hydrogen-bond acceptors (Lipinski definition) is 2. The Morgan fingerprint density at radius 3 is 2.35 bits per heavy atom. The standard InChI is InChI=1S/C15H15ClFNOS/c16-14-4-1-11(2-5-14)9-20(19)10-13-7-12(8-18)3-6-15(13)17/h1-7H,8-10,18H2. The van der Waals surface area contributed by atoms with Crippen LogP contribution in [0.3, 0.4) is 0 Å². The molecule has 2 aromatic rings. The first-order chi connectivity index (χ1) is 9.58. The van der Waals surface area contributed by atoms with Gasteiger partial charge in [-0.1, -0.05) is 35.9 Å². The van der Waals surface area contributed by atoms with Gasteiger partial charge in [0, 0.05) is 33.7 Å². The van der Waals surface area contributed by atoms with Crippen molar-refractivity contribution in [2.24, 2.45) is 5.73 Å². The molecule has 0 radical (unpaired) electrons. The van der Waals surface area contributed by atoms with Crippen molar-refractivity contribution in [3.05, 3.63) is 70.0 Å². The fraction of sp³-hybridized carbons (Fsp3) is 0.200. The highest BCUT2D eigenvalue weighted by molar-refractivity contribution is 7.83. The summed E-state index contributed by atoms with van der Waals surface area (Å²) in [6.45, 7) is 0.344. The Labute approximate surface area is 125 Å². The smallest absolute Gasteiger partial charge is 0.127 e. The van der Waals surface area contributed by atoms with Crippen LogP contribution in [0.1, 0.15) is 16.7 Å². The third-order valence-corrected chi connectivity index (χ3v) is 4.44. The Morgan fingerprint density at radius 1 is 1.05 bits per heavy atom. The van der Waals surface area contributed by atoms with Crippen LogP contribution in [-0.2, 0) is 28.9 Å². The zero-order valence-corrected chi connectivity index (χ0v) is 12.4. The van der Waals surface area contributed by atoms with Crippen molar-refractivity contribution in [3.8, 4) is 0 Å². The minimum absolute atomic E-state index is 0.183. The molecule has 0 heterocycles. The van der Waals surface area contributed by atoms with E-state index in [4.69, 9.17) is 17.3 Å². The molecule has 0 aromatic heterocycles. The number of hydrogen-bond donors (Lipinski definition) is 1. The first-order valence-corrected chi connectivity index (χ1v) is 8.02. The summed E-state index contributed by atoms with van der Waals surface area (Å²) >= 11 is 5.79. The maximum Gasteiger partial charge on any atom is 0.127 e. The average molecular weight is 312 g/mol. The molecule has 5 heteroatoms. The SMILES string of the molecule is NCc1ccc(F)c(CS(=O)Cc2ccc(Cl)cc2)c1. The first kappa shape index (κ1) is 15.2. The molecule has 2 rings (SSSR count). The van der Waals surface area contributed by atoms with Crippen molar-refractivity contribution >= 4 is 22.4 Å². The molecule has 106 valence electrons. The minimum Gasteiger partial charge on any atom is -0.326 e. The van der Waals surface area contributed by atoms with E-state index >= 15 is 0 Å². The Hall–Kier alpha value is -1.23. The van der Waals surface area contributed by atoms with Gasteiger partial charge in [0.1, 0.15) is 5.82 Å². The second kappa shape index (κ2) is 6.97. The summed E-state index contributed by atoms with van der Waals surface area (Å²) in [6.07, 6.45) is 0. The molecule has 2 aromatic carbocycles. The highest BCUT2D eigenvalue weighted by atomic mass is 35.5. The van der Waals surface area contributed by atoms with Crippen LogP contribution in [0, 0.1) is 5.82 Å². The molecule has 2 N–H and O–H groups in total. The molecule has 0 fully saturated rings. The van der Waals surface area contributed by atoms with E-state index in [2.05, 4.69) is 0 Å². The predicted molar refractivity (Wildman–Crippen MR) is 81.3 cm³/mol. The average Bonchev–Trinajstić information content (AvgIpc) is 2.44. The van der Waals surface area contributed by atoms with Crippen LogP contribution in [-0.4, -0.2) is 4.21 Å². The third kappa shape index (κ3) is 4.13. The van der Waals surface area contributed by atoms with Gasteiger partial charge in [-0.25, -0.2) is 4.39 Å². The van der Waals surface area contributed by atoms with Crippen LogP contribution in [0.4, 0.5) is 4.39 Å². The lowest BCUT2D eigenvalue weighted by Gasteiger charge is -2.06. The number of halogens is 2. The largest absolute Gasteiger partial charge is 0.326 e. The van der Waals surface area contributed by atoms with E-state index in [-0.39, 0.29) is 11.6 Å². The zero-order chi connectivity index (χ0) is 14.5. The highest BCUT2D eigenvalue weighted by Gasteiger charge is 2.09. The van der Waals surface area contributed by atoms with E-state index in [1.165, 1.54) is 6.07 Å². The van der Waals surface area contributed by atoms with E-state index < -0.39 is 10.8 Å². The van der Waals surface area contributed by atoms with Crippen LogP contribution >= 0.6 is 11.6 Å². The highest BCUT2D eigenvalue weighted by Crippen LogP contribution is 2.16. The molecular formula is C15H15ClFNOS. The predicted octanol–water partition coefficient (Wildman–Crippen LogP) is 3.39. The molecule has 1 atom stereocenters.